The number of rotatable bonds is 3. The highest BCUT2D eigenvalue weighted by Gasteiger charge is 2.40. The first kappa shape index (κ1) is 16.7. The molecule has 0 aromatic heterocycles. The van der Waals surface area contributed by atoms with Gasteiger partial charge in [-0.3, -0.25) is 0 Å². The quantitative estimate of drug-likeness (QED) is 0.831. The van der Waals surface area contributed by atoms with Crippen LogP contribution in [0, 0.1) is 5.41 Å². The van der Waals surface area contributed by atoms with Gasteiger partial charge in [0.15, 0.2) is 0 Å². The highest BCUT2D eigenvalue weighted by atomic mass is 35.5. The fourth-order valence-electron chi connectivity index (χ4n) is 3.51. The molecule has 2 N–H and O–H groups in total. The van der Waals surface area contributed by atoms with Gasteiger partial charge in [-0.1, -0.05) is 55.8 Å². The smallest absolute Gasteiger partial charge is 0.405 e. The predicted octanol–water partition coefficient (Wildman–Crippen LogP) is 4.91. The van der Waals surface area contributed by atoms with Crippen LogP contribution in [0.4, 0.5) is 4.79 Å². The summed E-state index contributed by atoms with van der Waals surface area (Å²) in [6.45, 7) is 4.15. The minimum absolute atomic E-state index is 0.169. The molecule has 0 heterocycles. The maximum Gasteiger partial charge on any atom is 0.405 e. The largest absolute Gasteiger partial charge is 0.495 e. The van der Waals surface area contributed by atoms with E-state index in [2.05, 4.69) is 25.2 Å². The molecule has 1 aliphatic carbocycles. The Morgan fingerprint density at radius 1 is 1.33 bits per heavy atom. The number of hydrogen-bond acceptors (Lipinski definition) is 2. The molecule has 2 aromatic rings. The molecule has 0 fully saturated rings. The molecule has 24 heavy (non-hydrogen) atoms. The number of halogens is 1. The van der Waals surface area contributed by atoms with Crippen LogP contribution in [0.1, 0.15) is 31.0 Å². The average molecular weight is 346 g/mol. The summed E-state index contributed by atoms with van der Waals surface area (Å²) < 4.78 is 5.29. The van der Waals surface area contributed by atoms with Crippen molar-refractivity contribution in [2.45, 2.75) is 26.3 Å². The maximum atomic E-state index is 11.1. The number of methoxy groups -OCH3 is 1. The molecule has 0 bridgehead atoms. The van der Waals surface area contributed by atoms with Crippen molar-refractivity contribution in [2.24, 2.45) is 5.41 Å². The van der Waals surface area contributed by atoms with Crippen LogP contribution in [0.3, 0.4) is 0 Å². The van der Waals surface area contributed by atoms with Crippen LogP contribution < -0.4 is 10.1 Å². The fraction of sp³-hybridized carbons (Fsp3) is 0.316. The maximum absolute atomic E-state index is 11.1. The number of amides is 1. The van der Waals surface area contributed by atoms with E-state index in [-0.39, 0.29) is 11.5 Å². The Bertz CT molecular complexity index is 801. The van der Waals surface area contributed by atoms with E-state index in [1.54, 1.807) is 7.11 Å². The van der Waals surface area contributed by atoms with E-state index in [9.17, 15) is 4.79 Å². The lowest BCUT2D eigenvalue weighted by molar-refractivity contribution is 0.175. The van der Waals surface area contributed by atoms with Crippen molar-refractivity contribution >= 4 is 17.7 Å². The number of carbonyl (C=O) groups is 1. The average Bonchev–Trinajstić information content (AvgIpc) is 2.76. The Morgan fingerprint density at radius 2 is 2.08 bits per heavy atom. The molecule has 0 aliphatic heterocycles. The zero-order valence-corrected chi connectivity index (χ0v) is 14.6. The van der Waals surface area contributed by atoms with Crippen LogP contribution in [0.25, 0.3) is 11.1 Å². The Labute approximate surface area is 146 Å². The van der Waals surface area contributed by atoms with Crippen molar-refractivity contribution in [3.63, 3.8) is 0 Å². The standard InChI is InChI=1S/C19H20ClNO3/c1-19(2)10-12-9-11(7-8-14(12)17(19)21-18(22)23)13-5-4-6-15(24-3)16(13)20/h4-9,17,21H,10H2,1-3H3,(H,22,23). The second kappa shape index (κ2) is 6.02. The van der Waals surface area contributed by atoms with Gasteiger partial charge in [0.2, 0.25) is 0 Å². The summed E-state index contributed by atoms with van der Waals surface area (Å²) >= 11 is 6.43. The summed E-state index contributed by atoms with van der Waals surface area (Å²) in [7, 11) is 1.60. The highest BCUT2D eigenvalue weighted by molar-refractivity contribution is 6.34. The van der Waals surface area contributed by atoms with Crippen molar-refractivity contribution in [2.75, 3.05) is 7.11 Å². The van der Waals surface area contributed by atoms with Crippen molar-refractivity contribution in [1.82, 2.24) is 5.32 Å². The van der Waals surface area contributed by atoms with Gasteiger partial charge in [0.05, 0.1) is 18.2 Å². The molecule has 0 saturated carbocycles. The lowest BCUT2D eigenvalue weighted by Crippen LogP contribution is -2.34. The lowest BCUT2D eigenvalue weighted by atomic mass is 9.85. The SMILES string of the molecule is COc1cccc(-c2ccc3c(c2)CC(C)(C)C3NC(=O)O)c1Cl. The van der Waals surface area contributed by atoms with Crippen LogP contribution in [0.2, 0.25) is 5.02 Å². The Hall–Kier alpha value is -2.20. The molecule has 0 spiro atoms. The zero-order chi connectivity index (χ0) is 17.5. The van der Waals surface area contributed by atoms with Crippen LogP contribution >= 0.6 is 11.6 Å². The van der Waals surface area contributed by atoms with Gasteiger partial charge in [-0.05, 0) is 34.6 Å². The van der Waals surface area contributed by atoms with E-state index in [0.717, 1.165) is 28.7 Å². The number of nitrogens with one attached hydrogen (secondary N) is 1. The Kier molecular flexibility index (Phi) is 4.18. The monoisotopic (exact) mass is 345 g/mol. The van der Waals surface area contributed by atoms with Gasteiger partial charge < -0.3 is 15.2 Å². The number of carboxylic acid groups (broad SMARTS) is 1. The zero-order valence-electron chi connectivity index (χ0n) is 13.9. The van der Waals surface area contributed by atoms with Gasteiger partial charge in [0.1, 0.15) is 5.75 Å². The molecule has 0 radical (unpaired) electrons. The molecule has 4 nitrogen and oxygen atoms in total. The number of benzene rings is 2. The van der Waals surface area contributed by atoms with Crippen LogP contribution in [-0.4, -0.2) is 18.3 Å². The van der Waals surface area contributed by atoms with Gasteiger partial charge in [-0.25, -0.2) is 4.79 Å². The Morgan fingerprint density at radius 3 is 2.75 bits per heavy atom. The summed E-state index contributed by atoms with van der Waals surface area (Å²) in [6, 6.07) is 11.6. The van der Waals surface area contributed by atoms with Crippen molar-refractivity contribution < 1.29 is 14.6 Å². The number of hydrogen-bond donors (Lipinski definition) is 2. The molecule has 2 aromatic carbocycles. The Balaban J connectivity index is 2.04. The normalized spacial score (nSPS) is 18.1. The first-order valence-corrected chi connectivity index (χ1v) is 8.16. The van der Waals surface area contributed by atoms with Gasteiger partial charge in [-0.15, -0.1) is 0 Å². The first-order chi connectivity index (χ1) is 11.3. The van der Waals surface area contributed by atoms with Gasteiger partial charge in [0.25, 0.3) is 0 Å². The van der Waals surface area contributed by atoms with Crippen molar-refractivity contribution in [1.29, 1.82) is 0 Å². The minimum Gasteiger partial charge on any atom is -0.495 e. The molecule has 126 valence electrons. The van der Waals surface area contributed by atoms with E-state index >= 15 is 0 Å². The summed E-state index contributed by atoms with van der Waals surface area (Å²) in [6.07, 6.45) is -0.191. The second-order valence-electron chi connectivity index (χ2n) is 6.78. The molecule has 0 saturated heterocycles. The molecule has 1 amide bonds. The summed E-state index contributed by atoms with van der Waals surface area (Å²) in [4.78, 5) is 11.1. The molecular formula is C19H20ClNO3. The molecular weight excluding hydrogens is 326 g/mol. The summed E-state index contributed by atoms with van der Waals surface area (Å²) in [5.74, 6) is 0.639. The number of ether oxygens (including phenoxy) is 1. The molecule has 5 heteroatoms. The molecule has 1 unspecified atom stereocenters. The first-order valence-electron chi connectivity index (χ1n) is 7.78. The molecule has 3 rings (SSSR count). The van der Waals surface area contributed by atoms with Gasteiger partial charge >= 0.3 is 6.09 Å². The van der Waals surface area contributed by atoms with E-state index in [4.69, 9.17) is 21.4 Å². The third-order valence-electron chi connectivity index (χ3n) is 4.64. The van der Waals surface area contributed by atoms with Crippen LogP contribution in [-0.2, 0) is 6.42 Å². The topological polar surface area (TPSA) is 58.6 Å². The third-order valence-corrected chi connectivity index (χ3v) is 5.03. The highest BCUT2D eigenvalue weighted by Crippen LogP contribution is 2.46. The van der Waals surface area contributed by atoms with E-state index in [1.807, 2.05) is 30.3 Å². The second-order valence-corrected chi connectivity index (χ2v) is 7.16. The van der Waals surface area contributed by atoms with Crippen LogP contribution in [0.5, 0.6) is 5.75 Å². The van der Waals surface area contributed by atoms with Crippen molar-refractivity contribution in [3.8, 4) is 16.9 Å². The predicted molar refractivity (Wildman–Crippen MR) is 94.8 cm³/mol. The van der Waals surface area contributed by atoms with Crippen molar-refractivity contribution in [3.05, 3.63) is 52.5 Å². The summed E-state index contributed by atoms with van der Waals surface area (Å²) in [5, 5.41) is 12.3. The van der Waals surface area contributed by atoms with Crippen LogP contribution in [0.15, 0.2) is 36.4 Å². The minimum atomic E-state index is -0.999. The van der Waals surface area contributed by atoms with E-state index in [0.29, 0.717) is 10.8 Å². The summed E-state index contributed by atoms with van der Waals surface area (Å²) in [5.41, 5.74) is 3.92. The number of fused-ring (bicyclic) bond motifs is 1. The fourth-order valence-corrected chi connectivity index (χ4v) is 3.82. The molecule has 1 aliphatic rings. The third kappa shape index (κ3) is 2.82. The van der Waals surface area contributed by atoms with E-state index in [1.165, 1.54) is 0 Å². The lowest BCUT2D eigenvalue weighted by Gasteiger charge is -2.27. The van der Waals surface area contributed by atoms with E-state index < -0.39 is 6.09 Å². The van der Waals surface area contributed by atoms with Gasteiger partial charge in [0, 0.05) is 5.56 Å². The van der Waals surface area contributed by atoms with Gasteiger partial charge in [-0.2, -0.15) is 0 Å². The molecule has 1 atom stereocenters.